The molecule has 5 nitrogen and oxygen atoms in total. The second-order valence-corrected chi connectivity index (χ2v) is 3.30. The van der Waals surface area contributed by atoms with E-state index in [9.17, 15) is 5.11 Å². The summed E-state index contributed by atoms with van der Waals surface area (Å²) in [5.74, 6) is 0. The molecule has 0 saturated carbocycles. The second kappa shape index (κ2) is 6.28. The molecule has 0 heterocycles. The van der Waals surface area contributed by atoms with Crippen LogP contribution in [0.15, 0.2) is 0 Å². The Hall–Kier alpha value is -0.200. The van der Waals surface area contributed by atoms with Crippen molar-refractivity contribution in [3.63, 3.8) is 0 Å². The van der Waals surface area contributed by atoms with Crippen LogP contribution in [0.3, 0.4) is 0 Å². The number of hydrogen-bond donors (Lipinski definition) is 3. The Labute approximate surface area is 77.6 Å². The molecule has 13 heavy (non-hydrogen) atoms. The maximum atomic E-state index is 10.6. The van der Waals surface area contributed by atoms with E-state index in [1.165, 1.54) is 6.92 Å². The van der Waals surface area contributed by atoms with E-state index < -0.39 is 11.5 Å². The molecule has 0 aliphatic heterocycles. The largest absolute Gasteiger partial charge is 0.396 e. The molecule has 0 fully saturated rings. The first-order valence-electron chi connectivity index (χ1n) is 4.16. The van der Waals surface area contributed by atoms with Gasteiger partial charge in [0.1, 0.15) is 6.10 Å². The summed E-state index contributed by atoms with van der Waals surface area (Å²) >= 11 is 0. The van der Waals surface area contributed by atoms with Crippen LogP contribution in [0.2, 0.25) is 0 Å². The molecule has 5 heteroatoms. The van der Waals surface area contributed by atoms with Crippen LogP contribution in [0.1, 0.15) is 6.92 Å². The molecule has 0 aromatic carbocycles. The van der Waals surface area contributed by atoms with Gasteiger partial charge in [-0.1, -0.05) is 0 Å². The highest BCUT2D eigenvalue weighted by Crippen LogP contribution is 2.14. The Morgan fingerprint density at radius 1 is 1.23 bits per heavy atom. The van der Waals surface area contributed by atoms with E-state index in [0.717, 1.165) is 0 Å². The number of ether oxygens (including phenoxy) is 1. The Bertz CT molecular complexity index is 113. The number of aliphatic hydroxyl groups excluding tert-OH is 3. The molecule has 0 aliphatic rings. The minimum absolute atomic E-state index is 0.0108. The molecular formula is C8H17O5. The lowest BCUT2D eigenvalue weighted by atomic mass is 9.93. The first-order valence-corrected chi connectivity index (χ1v) is 4.16. The zero-order valence-electron chi connectivity index (χ0n) is 7.77. The minimum Gasteiger partial charge on any atom is -0.396 e. The monoisotopic (exact) mass is 193 g/mol. The summed E-state index contributed by atoms with van der Waals surface area (Å²) in [6, 6.07) is 0. The van der Waals surface area contributed by atoms with Crippen LogP contribution in [0.4, 0.5) is 0 Å². The van der Waals surface area contributed by atoms with Crippen molar-refractivity contribution in [2.24, 2.45) is 5.41 Å². The maximum absolute atomic E-state index is 10.6. The van der Waals surface area contributed by atoms with Crippen LogP contribution in [0, 0.1) is 5.41 Å². The normalized spacial score (nSPS) is 14.5. The molecule has 3 N–H and O–H groups in total. The first-order chi connectivity index (χ1) is 6.10. The van der Waals surface area contributed by atoms with Gasteiger partial charge in [0.25, 0.3) is 0 Å². The molecule has 1 unspecified atom stereocenters. The molecule has 79 valence electrons. The molecule has 0 aliphatic carbocycles. The lowest BCUT2D eigenvalue weighted by molar-refractivity contribution is -0.0787. The lowest BCUT2D eigenvalue weighted by Gasteiger charge is -2.26. The van der Waals surface area contributed by atoms with Crippen molar-refractivity contribution in [1.82, 2.24) is 0 Å². The SMILES string of the molecule is CC([O])COCC(CO)(CO)CO. The van der Waals surface area contributed by atoms with Gasteiger partial charge < -0.3 is 20.1 Å². The molecule has 0 saturated heterocycles. The van der Waals surface area contributed by atoms with Crippen molar-refractivity contribution in [1.29, 1.82) is 0 Å². The van der Waals surface area contributed by atoms with Crippen molar-refractivity contribution < 1.29 is 25.2 Å². The van der Waals surface area contributed by atoms with Gasteiger partial charge in [-0.2, -0.15) is 0 Å². The second-order valence-electron chi connectivity index (χ2n) is 3.30. The van der Waals surface area contributed by atoms with Gasteiger partial charge in [-0.15, -0.1) is 0 Å². The van der Waals surface area contributed by atoms with Gasteiger partial charge in [0, 0.05) is 0 Å². The summed E-state index contributed by atoms with van der Waals surface area (Å²) in [6.07, 6.45) is -0.839. The Morgan fingerprint density at radius 3 is 2.00 bits per heavy atom. The van der Waals surface area contributed by atoms with Gasteiger partial charge in [0.05, 0.1) is 38.4 Å². The summed E-state index contributed by atoms with van der Waals surface area (Å²) in [7, 11) is 0. The van der Waals surface area contributed by atoms with Crippen molar-refractivity contribution in [2.45, 2.75) is 13.0 Å². The van der Waals surface area contributed by atoms with Crippen molar-refractivity contribution in [2.75, 3.05) is 33.0 Å². The summed E-state index contributed by atoms with van der Waals surface area (Å²) in [4.78, 5) is 0. The quantitative estimate of drug-likeness (QED) is 0.473. The molecule has 0 rings (SSSR count). The molecule has 0 amide bonds. The highest BCUT2D eigenvalue weighted by atomic mass is 16.5. The van der Waals surface area contributed by atoms with Crippen LogP contribution < -0.4 is 0 Å². The summed E-state index contributed by atoms with van der Waals surface area (Å²) in [5, 5.41) is 37.2. The van der Waals surface area contributed by atoms with Gasteiger partial charge >= 0.3 is 0 Å². The van der Waals surface area contributed by atoms with Crippen LogP contribution in [0.5, 0.6) is 0 Å². The van der Waals surface area contributed by atoms with Crippen molar-refractivity contribution >= 4 is 0 Å². The third-order valence-electron chi connectivity index (χ3n) is 1.77. The van der Waals surface area contributed by atoms with E-state index in [1.54, 1.807) is 0 Å². The van der Waals surface area contributed by atoms with E-state index in [0.29, 0.717) is 0 Å². The average Bonchev–Trinajstić information content (AvgIpc) is 2.13. The Balaban J connectivity index is 3.81. The molecular weight excluding hydrogens is 176 g/mol. The van der Waals surface area contributed by atoms with E-state index in [1.807, 2.05) is 0 Å². The number of aliphatic hydroxyl groups is 3. The van der Waals surface area contributed by atoms with Gasteiger partial charge in [0.2, 0.25) is 0 Å². The van der Waals surface area contributed by atoms with E-state index in [-0.39, 0.29) is 33.0 Å². The van der Waals surface area contributed by atoms with Crippen LogP contribution in [0.25, 0.3) is 0 Å². The van der Waals surface area contributed by atoms with E-state index >= 15 is 0 Å². The minimum atomic E-state index is -1.03. The van der Waals surface area contributed by atoms with Crippen LogP contribution >= 0.6 is 0 Å². The average molecular weight is 193 g/mol. The Morgan fingerprint density at radius 2 is 1.69 bits per heavy atom. The molecule has 0 aromatic rings. The van der Waals surface area contributed by atoms with E-state index in [2.05, 4.69) is 0 Å². The highest BCUT2D eigenvalue weighted by molar-refractivity contribution is 4.76. The lowest BCUT2D eigenvalue weighted by Crippen LogP contribution is -2.39. The van der Waals surface area contributed by atoms with Crippen LogP contribution in [-0.2, 0) is 9.84 Å². The van der Waals surface area contributed by atoms with E-state index in [4.69, 9.17) is 20.1 Å². The molecule has 0 spiro atoms. The van der Waals surface area contributed by atoms with Crippen LogP contribution in [-0.4, -0.2) is 54.5 Å². The third-order valence-corrected chi connectivity index (χ3v) is 1.77. The zero-order valence-corrected chi connectivity index (χ0v) is 7.77. The van der Waals surface area contributed by atoms with Crippen molar-refractivity contribution in [3.05, 3.63) is 0 Å². The smallest absolute Gasteiger partial charge is 0.113 e. The highest BCUT2D eigenvalue weighted by Gasteiger charge is 2.28. The standard InChI is InChI=1S/C8H17O5/c1-7(12)2-13-6-8(3-9,4-10)5-11/h7,9-11H,2-6H2,1H3. The fraction of sp³-hybridized carbons (Fsp3) is 1.00. The molecule has 1 radical (unpaired) electrons. The van der Waals surface area contributed by atoms with Crippen molar-refractivity contribution in [3.8, 4) is 0 Å². The van der Waals surface area contributed by atoms with Gasteiger partial charge in [-0.3, -0.25) is 0 Å². The fourth-order valence-electron chi connectivity index (χ4n) is 0.728. The van der Waals surface area contributed by atoms with Gasteiger partial charge in [-0.05, 0) is 6.92 Å². The third kappa shape index (κ3) is 4.54. The molecule has 0 aromatic heterocycles. The first kappa shape index (κ1) is 12.8. The fourth-order valence-corrected chi connectivity index (χ4v) is 0.728. The summed E-state index contributed by atoms with van der Waals surface area (Å²) in [6.45, 7) is 0.358. The maximum Gasteiger partial charge on any atom is 0.113 e. The summed E-state index contributed by atoms with van der Waals surface area (Å²) < 4.78 is 4.94. The predicted molar refractivity (Wildman–Crippen MR) is 44.7 cm³/mol. The zero-order chi connectivity index (χ0) is 10.3. The van der Waals surface area contributed by atoms with Gasteiger partial charge in [-0.25, -0.2) is 5.11 Å². The number of rotatable bonds is 7. The Kier molecular flexibility index (Phi) is 6.19. The predicted octanol–water partition coefficient (Wildman–Crippen LogP) is -1.21. The molecule has 0 bridgehead atoms. The number of hydrogen-bond acceptors (Lipinski definition) is 4. The molecule has 1 atom stereocenters. The van der Waals surface area contributed by atoms with Gasteiger partial charge in [0.15, 0.2) is 0 Å². The summed E-state index contributed by atoms with van der Waals surface area (Å²) in [5.41, 5.74) is -1.03. The topological polar surface area (TPSA) is 89.8 Å².